The highest BCUT2D eigenvalue weighted by Gasteiger charge is 2.11. The lowest BCUT2D eigenvalue weighted by atomic mass is 10.0. The quantitative estimate of drug-likeness (QED) is 0.736. The molecule has 1 rings (SSSR count). The minimum Gasteiger partial charge on any atom is -0.478 e. The highest BCUT2D eigenvalue weighted by atomic mass is 16.4. The first-order valence-electron chi connectivity index (χ1n) is 4.25. The summed E-state index contributed by atoms with van der Waals surface area (Å²) in [7, 11) is 0. The largest absolute Gasteiger partial charge is 0.478 e. The fourth-order valence-electron chi connectivity index (χ4n) is 1.13. The summed E-state index contributed by atoms with van der Waals surface area (Å²) in [6.07, 6.45) is 0.688. The molecule has 0 aliphatic carbocycles. The molecule has 0 saturated heterocycles. The predicted octanol–water partition coefficient (Wildman–Crippen LogP) is 1.55. The van der Waals surface area contributed by atoms with Gasteiger partial charge in [-0.3, -0.25) is 0 Å². The zero-order valence-electron chi connectivity index (χ0n) is 8.10. The van der Waals surface area contributed by atoms with Crippen LogP contribution in [0.25, 0.3) is 5.57 Å². The van der Waals surface area contributed by atoms with E-state index < -0.39 is 11.9 Å². The van der Waals surface area contributed by atoms with E-state index in [4.69, 9.17) is 10.2 Å². The third kappa shape index (κ3) is 2.95. The van der Waals surface area contributed by atoms with Crippen molar-refractivity contribution < 1.29 is 19.8 Å². The van der Waals surface area contributed by atoms with Gasteiger partial charge in [0.2, 0.25) is 0 Å². The topological polar surface area (TPSA) is 74.6 Å². The van der Waals surface area contributed by atoms with Crippen LogP contribution in [-0.4, -0.2) is 22.2 Å². The average molecular weight is 206 g/mol. The summed E-state index contributed by atoms with van der Waals surface area (Å²) in [6, 6.07) is 6.62. The predicted molar refractivity (Wildman–Crippen MR) is 54.4 cm³/mol. The lowest BCUT2D eigenvalue weighted by molar-refractivity contribution is -0.133. The number of hydrogen-bond donors (Lipinski definition) is 2. The van der Waals surface area contributed by atoms with Gasteiger partial charge in [-0.25, -0.2) is 9.59 Å². The SMILES string of the molecule is Cc1ccc(C(=CC(=O)O)C(=O)O)cc1. The molecule has 0 heterocycles. The van der Waals surface area contributed by atoms with Crippen molar-refractivity contribution in [1.82, 2.24) is 0 Å². The van der Waals surface area contributed by atoms with Gasteiger partial charge in [0.05, 0.1) is 5.57 Å². The molecule has 4 heteroatoms. The first-order valence-corrected chi connectivity index (χ1v) is 4.25. The van der Waals surface area contributed by atoms with Gasteiger partial charge in [0.25, 0.3) is 0 Å². The zero-order chi connectivity index (χ0) is 11.4. The Morgan fingerprint density at radius 1 is 1.13 bits per heavy atom. The number of carbonyl (C=O) groups is 2. The molecule has 0 atom stereocenters. The number of carboxylic acids is 2. The molecule has 0 aromatic heterocycles. The highest BCUT2D eigenvalue weighted by molar-refractivity contribution is 6.19. The Hall–Kier alpha value is -2.10. The van der Waals surface area contributed by atoms with E-state index in [1.54, 1.807) is 24.3 Å². The number of aryl methyl sites for hydroxylation is 1. The highest BCUT2D eigenvalue weighted by Crippen LogP contribution is 2.15. The molecule has 78 valence electrons. The molecule has 4 nitrogen and oxygen atoms in total. The molecule has 15 heavy (non-hydrogen) atoms. The zero-order valence-corrected chi connectivity index (χ0v) is 8.10. The van der Waals surface area contributed by atoms with Crippen LogP contribution < -0.4 is 0 Å². The number of rotatable bonds is 3. The smallest absolute Gasteiger partial charge is 0.336 e. The van der Waals surface area contributed by atoms with Crippen molar-refractivity contribution in [3.8, 4) is 0 Å². The molecule has 1 aromatic carbocycles. The molecule has 2 N–H and O–H groups in total. The van der Waals surface area contributed by atoms with Crippen LogP contribution in [0.15, 0.2) is 30.3 Å². The lowest BCUT2D eigenvalue weighted by Crippen LogP contribution is -2.03. The second-order valence-electron chi connectivity index (χ2n) is 3.07. The normalized spacial score (nSPS) is 11.1. The molecule has 0 spiro atoms. The Bertz CT molecular complexity index is 415. The first kappa shape index (κ1) is 11.0. The second-order valence-corrected chi connectivity index (χ2v) is 3.07. The number of carboxylic acid groups (broad SMARTS) is 2. The van der Waals surface area contributed by atoms with E-state index in [1.807, 2.05) is 6.92 Å². The molecular formula is C11H10O4. The molecule has 0 aliphatic rings. The molecule has 0 aliphatic heterocycles. The summed E-state index contributed by atoms with van der Waals surface area (Å²) in [4.78, 5) is 21.2. The average Bonchev–Trinajstić information content (AvgIpc) is 2.15. The number of aliphatic carboxylic acids is 2. The van der Waals surface area contributed by atoms with E-state index in [1.165, 1.54) is 0 Å². The van der Waals surface area contributed by atoms with Gasteiger partial charge >= 0.3 is 11.9 Å². The van der Waals surface area contributed by atoms with Gasteiger partial charge in [0.15, 0.2) is 0 Å². The van der Waals surface area contributed by atoms with Crippen molar-refractivity contribution in [3.63, 3.8) is 0 Å². The van der Waals surface area contributed by atoms with Crippen molar-refractivity contribution in [2.45, 2.75) is 6.92 Å². The number of benzene rings is 1. The van der Waals surface area contributed by atoms with Gasteiger partial charge in [-0.05, 0) is 12.5 Å². The Morgan fingerprint density at radius 3 is 2.07 bits per heavy atom. The van der Waals surface area contributed by atoms with E-state index in [9.17, 15) is 9.59 Å². The summed E-state index contributed by atoms with van der Waals surface area (Å²) >= 11 is 0. The van der Waals surface area contributed by atoms with E-state index in [-0.39, 0.29) is 5.57 Å². The van der Waals surface area contributed by atoms with E-state index in [0.29, 0.717) is 11.6 Å². The van der Waals surface area contributed by atoms with E-state index >= 15 is 0 Å². The minimum atomic E-state index is -1.27. The van der Waals surface area contributed by atoms with Crippen LogP contribution in [0.2, 0.25) is 0 Å². The monoisotopic (exact) mass is 206 g/mol. The summed E-state index contributed by atoms with van der Waals surface area (Å²) in [5, 5.41) is 17.3. The summed E-state index contributed by atoms with van der Waals surface area (Å²) in [5.74, 6) is -2.52. The summed E-state index contributed by atoms with van der Waals surface area (Å²) in [5.41, 5.74) is 1.15. The van der Waals surface area contributed by atoms with Crippen molar-refractivity contribution >= 4 is 17.5 Å². The molecular weight excluding hydrogens is 196 g/mol. The van der Waals surface area contributed by atoms with Crippen LogP contribution in [-0.2, 0) is 9.59 Å². The van der Waals surface area contributed by atoms with Crippen LogP contribution in [0, 0.1) is 6.92 Å². The standard InChI is InChI=1S/C11H10O4/c1-7-2-4-8(5-3-7)9(11(14)15)6-10(12)13/h2-6H,1H3,(H,12,13)(H,14,15). The van der Waals surface area contributed by atoms with Crippen molar-refractivity contribution in [2.24, 2.45) is 0 Å². The van der Waals surface area contributed by atoms with E-state index in [0.717, 1.165) is 5.56 Å². The first-order chi connectivity index (χ1) is 7.00. The van der Waals surface area contributed by atoms with Crippen molar-refractivity contribution in [2.75, 3.05) is 0 Å². The van der Waals surface area contributed by atoms with Gasteiger partial charge in [0.1, 0.15) is 0 Å². The minimum absolute atomic E-state index is 0.220. The molecule has 1 aromatic rings. The Balaban J connectivity index is 3.16. The summed E-state index contributed by atoms with van der Waals surface area (Å²) < 4.78 is 0. The van der Waals surface area contributed by atoms with Crippen LogP contribution in [0.3, 0.4) is 0 Å². The summed E-state index contributed by atoms with van der Waals surface area (Å²) in [6.45, 7) is 1.87. The van der Waals surface area contributed by atoms with Crippen LogP contribution in [0.1, 0.15) is 11.1 Å². The van der Waals surface area contributed by atoms with Crippen LogP contribution in [0.4, 0.5) is 0 Å². The molecule has 0 saturated carbocycles. The van der Waals surface area contributed by atoms with Crippen molar-refractivity contribution in [3.05, 3.63) is 41.5 Å². The van der Waals surface area contributed by atoms with Crippen LogP contribution >= 0.6 is 0 Å². The molecule has 0 bridgehead atoms. The van der Waals surface area contributed by atoms with Gasteiger partial charge < -0.3 is 10.2 Å². The maximum atomic E-state index is 10.8. The van der Waals surface area contributed by atoms with Crippen LogP contribution in [0.5, 0.6) is 0 Å². The lowest BCUT2D eigenvalue weighted by Gasteiger charge is -2.01. The van der Waals surface area contributed by atoms with Gasteiger partial charge in [-0.15, -0.1) is 0 Å². The maximum absolute atomic E-state index is 10.8. The Labute approximate surface area is 86.5 Å². The second kappa shape index (κ2) is 4.41. The molecule has 0 radical (unpaired) electrons. The molecule has 0 fully saturated rings. The Kier molecular flexibility index (Phi) is 3.23. The van der Waals surface area contributed by atoms with E-state index in [2.05, 4.69) is 0 Å². The van der Waals surface area contributed by atoms with Crippen molar-refractivity contribution in [1.29, 1.82) is 0 Å². The van der Waals surface area contributed by atoms with Gasteiger partial charge in [-0.1, -0.05) is 29.8 Å². The fourth-order valence-corrected chi connectivity index (χ4v) is 1.13. The molecule has 0 unspecified atom stereocenters. The van der Waals surface area contributed by atoms with Gasteiger partial charge in [0, 0.05) is 6.08 Å². The number of hydrogen-bond acceptors (Lipinski definition) is 2. The Morgan fingerprint density at radius 2 is 1.67 bits per heavy atom. The van der Waals surface area contributed by atoms with Gasteiger partial charge in [-0.2, -0.15) is 0 Å². The molecule has 0 amide bonds. The fraction of sp³-hybridized carbons (Fsp3) is 0.0909. The third-order valence-electron chi connectivity index (χ3n) is 1.86. The third-order valence-corrected chi connectivity index (χ3v) is 1.86. The maximum Gasteiger partial charge on any atom is 0.336 e.